The number of phenolic OH excluding ortho intramolecular Hbond substituents is 1. The summed E-state index contributed by atoms with van der Waals surface area (Å²) in [5.41, 5.74) is 0.237. The molecular weight excluding hydrogens is 218 g/mol. The van der Waals surface area contributed by atoms with E-state index in [0.717, 1.165) is 25.9 Å². The summed E-state index contributed by atoms with van der Waals surface area (Å²) >= 11 is 0. The third-order valence-corrected chi connectivity index (χ3v) is 2.98. The molecule has 0 aliphatic carbocycles. The van der Waals surface area contributed by atoms with Crippen LogP contribution in [-0.2, 0) is 4.74 Å². The topological polar surface area (TPSA) is 49.8 Å². The van der Waals surface area contributed by atoms with Crippen LogP contribution in [0.1, 0.15) is 23.2 Å². The predicted molar refractivity (Wildman–Crippen MR) is 64.0 cm³/mol. The van der Waals surface area contributed by atoms with Crippen LogP contribution < -0.4 is 0 Å². The monoisotopic (exact) mass is 235 g/mol. The van der Waals surface area contributed by atoms with Gasteiger partial charge in [-0.3, -0.25) is 0 Å². The van der Waals surface area contributed by atoms with Gasteiger partial charge in [-0.25, -0.2) is 4.79 Å². The molecule has 4 heteroatoms. The van der Waals surface area contributed by atoms with Crippen molar-refractivity contribution >= 4 is 5.97 Å². The molecule has 1 aromatic carbocycles. The Balaban J connectivity index is 1.99. The summed E-state index contributed by atoms with van der Waals surface area (Å²) in [6.45, 7) is 1.81. The number of rotatable bonds is 2. The van der Waals surface area contributed by atoms with Gasteiger partial charge >= 0.3 is 5.97 Å². The molecule has 1 fully saturated rings. The second kappa shape index (κ2) is 5.19. The number of piperidine rings is 1. The van der Waals surface area contributed by atoms with E-state index in [2.05, 4.69) is 4.90 Å². The van der Waals surface area contributed by atoms with E-state index in [1.165, 1.54) is 6.07 Å². The van der Waals surface area contributed by atoms with Crippen molar-refractivity contribution in [2.24, 2.45) is 0 Å². The number of ether oxygens (including phenoxy) is 1. The van der Waals surface area contributed by atoms with E-state index in [4.69, 9.17) is 4.74 Å². The molecule has 1 atom stereocenters. The van der Waals surface area contributed by atoms with Gasteiger partial charge in [-0.15, -0.1) is 0 Å². The molecule has 0 aromatic heterocycles. The third-order valence-electron chi connectivity index (χ3n) is 2.98. The lowest BCUT2D eigenvalue weighted by atomic mass is 10.1. The van der Waals surface area contributed by atoms with Gasteiger partial charge < -0.3 is 14.7 Å². The average Bonchev–Trinajstić information content (AvgIpc) is 2.29. The number of esters is 1. The number of benzene rings is 1. The van der Waals surface area contributed by atoms with Gasteiger partial charge in [-0.1, -0.05) is 12.1 Å². The summed E-state index contributed by atoms with van der Waals surface area (Å²) in [5.74, 6) is -0.468. The second-order valence-corrected chi connectivity index (χ2v) is 4.45. The van der Waals surface area contributed by atoms with E-state index < -0.39 is 5.97 Å². The normalized spacial score (nSPS) is 21.1. The van der Waals surface area contributed by atoms with Gasteiger partial charge in [0, 0.05) is 6.54 Å². The summed E-state index contributed by atoms with van der Waals surface area (Å²) in [5, 5.41) is 9.55. The largest absolute Gasteiger partial charge is 0.507 e. The number of likely N-dealkylation sites (tertiary alicyclic amines) is 1. The highest BCUT2D eigenvalue weighted by Gasteiger charge is 2.22. The number of phenols is 1. The van der Waals surface area contributed by atoms with Gasteiger partial charge in [0.2, 0.25) is 0 Å². The van der Waals surface area contributed by atoms with Crippen LogP contribution in [0, 0.1) is 0 Å². The molecule has 0 radical (unpaired) electrons. The Bertz CT molecular complexity index is 405. The Hall–Kier alpha value is -1.55. The van der Waals surface area contributed by atoms with Gasteiger partial charge in [-0.2, -0.15) is 0 Å². The smallest absolute Gasteiger partial charge is 0.342 e. The van der Waals surface area contributed by atoms with Crippen LogP contribution in [0.25, 0.3) is 0 Å². The molecule has 1 unspecified atom stereocenters. The molecule has 0 bridgehead atoms. The molecule has 0 amide bonds. The quantitative estimate of drug-likeness (QED) is 0.792. The maximum Gasteiger partial charge on any atom is 0.342 e. The van der Waals surface area contributed by atoms with Crippen molar-refractivity contribution in [3.63, 3.8) is 0 Å². The van der Waals surface area contributed by atoms with Crippen molar-refractivity contribution in [1.82, 2.24) is 4.90 Å². The predicted octanol–water partition coefficient (Wildman–Crippen LogP) is 1.64. The van der Waals surface area contributed by atoms with Crippen LogP contribution in [0.2, 0.25) is 0 Å². The van der Waals surface area contributed by atoms with E-state index in [1.807, 2.05) is 7.05 Å². The van der Waals surface area contributed by atoms with Crippen molar-refractivity contribution in [2.75, 3.05) is 20.1 Å². The molecule has 4 nitrogen and oxygen atoms in total. The van der Waals surface area contributed by atoms with Crippen molar-refractivity contribution in [1.29, 1.82) is 0 Å². The molecule has 1 N–H and O–H groups in total. The standard InChI is InChI=1S/C13H17NO3/c1-14-8-4-5-10(9-14)17-13(16)11-6-2-3-7-12(11)15/h2-3,6-7,10,15H,4-5,8-9H2,1H3. The first-order valence-electron chi connectivity index (χ1n) is 5.84. The van der Waals surface area contributed by atoms with E-state index in [0.29, 0.717) is 0 Å². The van der Waals surface area contributed by atoms with Crippen LogP contribution >= 0.6 is 0 Å². The zero-order chi connectivity index (χ0) is 12.3. The van der Waals surface area contributed by atoms with Gasteiger partial charge in [-0.05, 0) is 38.6 Å². The van der Waals surface area contributed by atoms with Gasteiger partial charge in [0.05, 0.1) is 0 Å². The van der Waals surface area contributed by atoms with E-state index in [9.17, 15) is 9.90 Å². The van der Waals surface area contributed by atoms with Gasteiger partial charge in [0.15, 0.2) is 0 Å². The van der Waals surface area contributed by atoms with Crippen molar-refractivity contribution in [2.45, 2.75) is 18.9 Å². The summed E-state index contributed by atoms with van der Waals surface area (Å²) in [4.78, 5) is 14.0. The van der Waals surface area contributed by atoms with Crippen LogP contribution in [0.15, 0.2) is 24.3 Å². The van der Waals surface area contributed by atoms with E-state index in [1.54, 1.807) is 18.2 Å². The number of para-hydroxylation sites is 1. The van der Waals surface area contributed by atoms with Crippen LogP contribution in [0.3, 0.4) is 0 Å². The van der Waals surface area contributed by atoms with Gasteiger partial charge in [0.25, 0.3) is 0 Å². The fourth-order valence-corrected chi connectivity index (χ4v) is 2.08. The zero-order valence-electron chi connectivity index (χ0n) is 9.93. The zero-order valence-corrected chi connectivity index (χ0v) is 9.93. The Labute approximate surface area is 101 Å². The minimum absolute atomic E-state index is 0.0262. The number of carbonyl (C=O) groups is 1. The molecule has 1 aromatic rings. The van der Waals surface area contributed by atoms with Crippen molar-refractivity contribution < 1.29 is 14.6 Å². The second-order valence-electron chi connectivity index (χ2n) is 4.45. The minimum atomic E-state index is -0.441. The molecule has 17 heavy (non-hydrogen) atoms. The molecule has 2 rings (SSSR count). The molecule has 1 heterocycles. The maximum absolute atomic E-state index is 11.8. The Kier molecular flexibility index (Phi) is 3.64. The highest BCUT2D eigenvalue weighted by Crippen LogP contribution is 2.19. The Morgan fingerprint density at radius 2 is 2.24 bits per heavy atom. The maximum atomic E-state index is 11.8. The molecule has 1 aliphatic rings. The van der Waals surface area contributed by atoms with E-state index >= 15 is 0 Å². The van der Waals surface area contributed by atoms with E-state index in [-0.39, 0.29) is 17.4 Å². The van der Waals surface area contributed by atoms with Crippen LogP contribution in [0.5, 0.6) is 5.75 Å². The summed E-state index contributed by atoms with van der Waals surface area (Å²) in [7, 11) is 2.01. The fourth-order valence-electron chi connectivity index (χ4n) is 2.08. The van der Waals surface area contributed by atoms with Crippen molar-refractivity contribution in [3.8, 4) is 5.75 Å². The van der Waals surface area contributed by atoms with Crippen LogP contribution in [-0.4, -0.2) is 42.2 Å². The van der Waals surface area contributed by atoms with Crippen LogP contribution in [0.4, 0.5) is 0 Å². The number of aromatic hydroxyl groups is 1. The molecule has 0 saturated carbocycles. The molecule has 1 aliphatic heterocycles. The Morgan fingerprint density at radius 3 is 2.94 bits per heavy atom. The molecule has 0 spiro atoms. The van der Waals surface area contributed by atoms with Gasteiger partial charge in [0.1, 0.15) is 17.4 Å². The lowest BCUT2D eigenvalue weighted by Crippen LogP contribution is -2.38. The number of carbonyl (C=O) groups excluding carboxylic acids is 1. The fraction of sp³-hybridized carbons (Fsp3) is 0.462. The lowest BCUT2D eigenvalue weighted by molar-refractivity contribution is 0.0106. The third kappa shape index (κ3) is 2.97. The highest BCUT2D eigenvalue weighted by molar-refractivity contribution is 5.92. The molecule has 1 saturated heterocycles. The lowest BCUT2D eigenvalue weighted by Gasteiger charge is -2.29. The summed E-state index contributed by atoms with van der Waals surface area (Å²) in [6.07, 6.45) is 1.86. The average molecular weight is 235 g/mol. The number of nitrogens with zero attached hydrogens (tertiary/aromatic N) is 1. The number of hydrogen-bond donors (Lipinski definition) is 1. The minimum Gasteiger partial charge on any atom is -0.507 e. The first kappa shape index (κ1) is 11.9. The summed E-state index contributed by atoms with van der Waals surface area (Å²) in [6, 6.07) is 6.46. The summed E-state index contributed by atoms with van der Waals surface area (Å²) < 4.78 is 5.39. The Morgan fingerprint density at radius 1 is 1.47 bits per heavy atom. The van der Waals surface area contributed by atoms with Crippen molar-refractivity contribution in [3.05, 3.63) is 29.8 Å². The number of likely N-dealkylation sites (N-methyl/N-ethyl adjacent to an activating group) is 1. The highest BCUT2D eigenvalue weighted by atomic mass is 16.5. The molecular formula is C13H17NO3. The first-order chi connectivity index (χ1) is 8.16. The molecule has 92 valence electrons. The SMILES string of the molecule is CN1CCCC(OC(=O)c2ccccc2O)C1. The number of hydrogen-bond acceptors (Lipinski definition) is 4. The first-order valence-corrected chi connectivity index (χ1v) is 5.84.